The number of piperidine rings is 1. The van der Waals surface area contributed by atoms with Crippen LogP contribution in [0.5, 0.6) is 0 Å². The maximum Gasteiger partial charge on any atom is 0.244 e. The van der Waals surface area contributed by atoms with Crippen LogP contribution in [0, 0.1) is 5.92 Å². The number of amides is 1. The first-order valence-electron chi connectivity index (χ1n) is 9.47. The highest BCUT2D eigenvalue weighted by molar-refractivity contribution is 7.89. The Labute approximate surface area is 155 Å². The zero-order valence-corrected chi connectivity index (χ0v) is 16.0. The number of hydrogen-bond acceptors (Lipinski definition) is 5. The van der Waals surface area contributed by atoms with Crippen molar-refractivity contribution in [2.45, 2.75) is 37.0 Å². The summed E-state index contributed by atoms with van der Waals surface area (Å²) in [7, 11) is -3.51. The highest BCUT2D eigenvalue weighted by Gasteiger charge is 2.32. The molecular weight excluding hydrogens is 352 g/mol. The van der Waals surface area contributed by atoms with Crippen molar-refractivity contribution in [1.82, 2.24) is 19.5 Å². The minimum Gasteiger partial charge on any atom is -0.356 e. The number of likely N-dealkylation sites (tertiary alicyclic amines) is 1. The van der Waals surface area contributed by atoms with E-state index >= 15 is 0 Å². The average molecular weight is 381 g/mol. The van der Waals surface area contributed by atoms with E-state index in [1.807, 2.05) is 0 Å². The number of aromatic nitrogens is 1. The highest BCUT2D eigenvalue weighted by atomic mass is 32.2. The maximum atomic E-state index is 12.6. The second-order valence-electron chi connectivity index (χ2n) is 7.06. The first-order chi connectivity index (χ1) is 12.6. The van der Waals surface area contributed by atoms with E-state index in [1.165, 1.54) is 36.4 Å². The summed E-state index contributed by atoms with van der Waals surface area (Å²) in [6.07, 6.45) is 7.60. The van der Waals surface area contributed by atoms with Gasteiger partial charge in [0.1, 0.15) is 4.90 Å². The Morgan fingerprint density at radius 2 is 1.92 bits per heavy atom. The van der Waals surface area contributed by atoms with Crippen LogP contribution < -0.4 is 5.32 Å². The molecule has 0 radical (unpaired) electrons. The molecule has 8 heteroatoms. The van der Waals surface area contributed by atoms with Gasteiger partial charge in [-0.2, -0.15) is 4.31 Å². The van der Waals surface area contributed by atoms with Crippen molar-refractivity contribution in [3.05, 3.63) is 24.5 Å². The normalized spacial score (nSPS) is 20.3. The van der Waals surface area contributed by atoms with E-state index < -0.39 is 10.0 Å². The maximum absolute atomic E-state index is 12.6. The third-order valence-corrected chi connectivity index (χ3v) is 7.13. The zero-order valence-electron chi connectivity index (χ0n) is 15.1. The Bertz CT molecular complexity index is 682. The van der Waals surface area contributed by atoms with Gasteiger partial charge in [-0.1, -0.05) is 0 Å². The molecule has 0 saturated carbocycles. The molecule has 1 aromatic heterocycles. The minimum atomic E-state index is -3.51. The first-order valence-corrected chi connectivity index (χ1v) is 10.9. The highest BCUT2D eigenvalue weighted by Crippen LogP contribution is 2.23. The van der Waals surface area contributed by atoms with Gasteiger partial charge in [-0.25, -0.2) is 8.42 Å². The Morgan fingerprint density at radius 1 is 1.19 bits per heavy atom. The fourth-order valence-corrected chi connectivity index (χ4v) is 5.11. The number of nitrogens with zero attached hydrogens (tertiary/aromatic N) is 3. The van der Waals surface area contributed by atoms with Crippen molar-refractivity contribution in [2.75, 3.05) is 39.3 Å². The van der Waals surface area contributed by atoms with Crippen molar-refractivity contribution in [3.8, 4) is 0 Å². The number of carbonyl (C=O) groups excluding carboxylic acids is 1. The average Bonchev–Trinajstić information content (AvgIpc) is 3.19. The third kappa shape index (κ3) is 4.81. The molecule has 7 nitrogen and oxygen atoms in total. The molecular formula is C18H28N4O3S. The fraction of sp³-hybridized carbons (Fsp3) is 0.667. The first kappa shape index (κ1) is 19.3. The van der Waals surface area contributed by atoms with Gasteiger partial charge in [0.15, 0.2) is 0 Å². The molecule has 3 rings (SSSR count). The van der Waals surface area contributed by atoms with Crippen LogP contribution in [-0.4, -0.2) is 67.8 Å². The summed E-state index contributed by atoms with van der Waals surface area (Å²) in [6.45, 7) is 4.85. The van der Waals surface area contributed by atoms with Gasteiger partial charge in [0.25, 0.3) is 0 Å². The van der Waals surface area contributed by atoms with E-state index in [2.05, 4.69) is 15.2 Å². The largest absolute Gasteiger partial charge is 0.356 e. The van der Waals surface area contributed by atoms with Crippen molar-refractivity contribution in [1.29, 1.82) is 0 Å². The lowest BCUT2D eigenvalue weighted by Gasteiger charge is -2.30. The summed E-state index contributed by atoms with van der Waals surface area (Å²) in [4.78, 5) is 18.9. The van der Waals surface area contributed by atoms with Crippen LogP contribution in [0.1, 0.15) is 32.1 Å². The number of rotatable bonds is 7. The van der Waals surface area contributed by atoms with Crippen LogP contribution in [0.25, 0.3) is 0 Å². The van der Waals surface area contributed by atoms with Gasteiger partial charge in [0.05, 0.1) is 0 Å². The van der Waals surface area contributed by atoms with Crippen LogP contribution in [0.15, 0.2) is 29.4 Å². The third-order valence-electron chi connectivity index (χ3n) is 5.25. The number of sulfonamides is 1. The van der Waals surface area contributed by atoms with E-state index in [4.69, 9.17) is 0 Å². The molecule has 0 aromatic carbocycles. The van der Waals surface area contributed by atoms with E-state index in [-0.39, 0.29) is 16.7 Å². The van der Waals surface area contributed by atoms with Gasteiger partial charge in [0, 0.05) is 37.9 Å². The SMILES string of the molecule is O=C(NCCCN1CCCC1)C1CCN(S(=O)(=O)c2cccnc2)CC1. The van der Waals surface area contributed by atoms with E-state index in [0.717, 1.165) is 13.0 Å². The van der Waals surface area contributed by atoms with Crippen LogP contribution in [0.3, 0.4) is 0 Å². The molecule has 2 aliphatic rings. The second-order valence-corrected chi connectivity index (χ2v) is 9.00. The summed E-state index contributed by atoms with van der Waals surface area (Å²) >= 11 is 0. The smallest absolute Gasteiger partial charge is 0.244 e. The van der Waals surface area contributed by atoms with Crippen LogP contribution in [0.4, 0.5) is 0 Å². The monoisotopic (exact) mass is 380 g/mol. The van der Waals surface area contributed by atoms with Crippen LogP contribution in [0.2, 0.25) is 0 Å². The van der Waals surface area contributed by atoms with Gasteiger partial charge >= 0.3 is 0 Å². The van der Waals surface area contributed by atoms with E-state index in [0.29, 0.717) is 32.5 Å². The Balaban J connectivity index is 1.41. The van der Waals surface area contributed by atoms with Crippen molar-refractivity contribution >= 4 is 15.9 Å². The lowest BCUT2D eigenvalue weighted by Crippen LogP contribution is -2.43. The Kier molecular flexibility index (Phi) is 6.61. The van der Waals surface area contributed by atoms with E-state index in [9.17, 15) is 13.2 Å². The molecule has 0 unspecified atom stereocenters. The molecule has 0 spiro atoms. The molecule has 1 N–H and O–H groups in total. The molecule has 0 aliphatic carbocycles. The molecule has 2 aliphatic heterocycles. The van der Waals surface area contributed by atoms with Crippen LogP contribution >= 0.6 is 0 Å². The summed E-state index contributed by atoms with van der Waals surface area (Å²) in [5.41, 5.74) is 0. The lowest BCUT2D eigenvalue weighted by molar-refractivity contribution is -0.126. The molecule has 1 amide bonds. The number of pyridine rings is 1. The quantitative estimate of drug-likeness (QED) is 0.716. The standard InChI is InChI=1S/C18H28N4O3S/c23-18(20-9-4-12-21-10-1-2-11-21)16-6-13-22(14-7-16)26(24,25)17-5-3-8-19-15-17/h3,5,8,15-16H,1-2,4,6-7,9-14H2,(H,20,23). The lowest BCUT2D eigenvalue weighted by atomic mass is 9.97. The van der Waals surface area contributed by atoms with Crippen molar-refractivity contribution < 1.29 is 13.2 Å². The van der Waals surface area contributed by atoms with E-state index in [1.54, 1.807) is 18.3 Å². The molecule has 2 saturated heterocycles. The number of nitrogens with one attached hydrogen (secondary N) is 1. The molecule has 144 valence electrons. The predicted molar refractivity (Wildman–Crippen MR) is 99.0 cm³/mol. The number of hydrogen-bond donors (Lipinski definition) is 1. The van der Waals surface area contributed by atoms with Gasteiger partial charge in [-0.15, -0.1) is 0 Å². The summed E-state index contributed by atoms with van der Waals surface area (Å²) in [5, 5.41) is 3.02. The molecule has 0 atom stereocenters. The summed E-state index contributed by atoms with van der Waals surface area (Å²) < 4.78 is 26.6. The van der Waals surface area contributed by atoms with Crippen molar-refractivity contribution in [2.24, 2.45) is 5.92 Å². The van der Waals surface area contributed by atoms with Gasteiger partial charge in [0.2, 0.25) is 15.9 Å². The fourth-order valence-electron chi connectivity index (χ4n) is 3.67. The number of carbonyl (C=O) groups is 1. The molecule has 3 heterocycles. The second kappa shape index (κ2) is 8.92. The van der Waals surface area contributed by atoms with Gasteiger partial charge < -0.3 is 10.2 Å². The Hall–Kier alpha value is -1.51. The topological polar surface area (TPSA) is 82.6 Å². The molecule has 2 fully saturated rings. The van der Waals surface area contributed by atoms with Crippen molar-refractivity contribution in [3.63, 3.8) is 0 Å². The molecule has 26 heavy (non-hydrogen) atoms. The molecule has 0 bridgehead atoms. The van der Waals surface area contributed by atoms with Crippen LogP contribution in [-0.2, 0) is 14.8 Å². The summed E-state index contributed by atoms with van der Waals surface area (Å²) in [5.74, 6) is -0.0352. The Morgan fingerprint density at radius 3 is 2.58 bits per heavy atom. The van der Waals surface area contributed by atoms with Gasteiger partial charge in [-0.3, -0.25) is 9.78 Å². The summed E-state index contributed by atoms with van der Waals surface area (Å²) in [6, 6.07) is 3.18. The zero-order chi connectivity index (χ0) is 18.4. The molecule has 1 aromatic rings. The van der Waals surface area contributed by atoms with Gasteiger partial charge in [-0.05, 0) is 63.9 Å². The predicted octanol–water partition coefficient (Wildman–Crippen LogP) is 1.08. The minimum absolute atomic E-state index is 0.0600.